The topological polar surface area (TPSA) is 93.9 Å². The molecule has 3 rings (SSSR count). The zero-order chi connectivity index (χ0) is 22.6. The largest absolute Gasteiger partial charge is 0.458 e. The fourth-order valence-electron chi connectivity index (χ4n) is 2.65. The Kier molecular flexibility index (Phi) is 5.83. The summed E-state index contributed by atoms with van der Waals surface area (Å²) in [4.78, 5) is 18.5. The number of halogens is 5. The molecule has 0 fully saturated rings. The Morgan fingerprint density at radius 2 is 1.68 bits per heavy atom. The smallest absolute Gasteiger partial charge is 0.290 e. The molecule has 3 aromatic rings. The molecule has 0 bridgehead atoms. The summed E-state index contributed by atoms with van der Waals surface area (Å²) in [5.41, 5.74) is -0.00627. The van der Waals surface area contributed by atoms with Crippen LogP contribution in [0, 0.1) is 11.3 Å². The van der Waals surface area contributed by atoms with E-state index < -0.39 is 28.8 Å². The van der Waals surface area contributed by atoms with Crippen LogP contribution < -0.4 is 11.0 Å². The van der Waals surface area contributed by atoms with E-state index in [0.29, 0.717) is 11.6 Å². The fraction of sp³-hybridized carbons (Fsp3) is 0.100. The van der Waals surface area contributed by atoms with Crippen molar-refractivity contribution in [2.24, 2.45) is 5.10 Å². The van der Waals surface area contributed by atoms with Gasteiger partial charge in [-0.2, -0.15) is 32.3 Å². The van der Waals surface area contributed by atoms with Gasteiger partial charge in [0, 0.05) is 16.7 Å². The molecule has 0 amide bonds. The van der Waals surface area contributed by atoms with E-state index >= 15 is 0 Å². The number of hydrogen-bond donors (Lipinski definition) is 2. The minimum Gasteiger partial charge on any atom is -0.290 e. The summed E-state index contributed by atoms with van der Waals surface area (Å²) in [5.74, 6) is -5.32. The maximum atomic E-state index is 13.8. The number of aromatic nitrogens is 2. The quantitative estimate of drug-likeness (QED) is 0.354. The van der Waals surface area contributed by atoms with Gasteiger partial charge in [-0.25, -0.2) is 10.4 Å². The van der Waals surface area contributed by atoms with Crippen LogP contribution in [0.25, 0.3) is 11.3 Å². The van der Waals surface area contributed by atoms with E-state index in [0.717, 1.165) is 18.3 Å². The fourth-order valence-corrected chi connectivity index (χ4v) is 2.65. The molecule has 0 saturated carbocycles. The zero-order valence-corrected chi connectivity index (χ0v) is 15.4. The van der Waals surface area contributed by atoms with Crippen molar-refractivity contribution in [2.75, 3.05) is 5.43 Å². The van der Waals surface area contributed by atoms with Crippen molar-refractivity contribution in [3.63, 3.8) is 0 Å². The third-order valence-corrected chi connectivity index (χ3v) is 4.11. The van der Waals surface area contributed by atoms with E-state index in [4.69, 9.17) is 0 Å². The number of alkyl halides is 5. The summed E-state index contributed by atoms with van der Waals surface area (Å²) in [6.45, 7) is 0. The molecule has 0 unspecified atom stereocenters. The first kappa shape index (κ1) is 21.6. The summed E-state index contributed by atoms with van der Waals surface area (Å²) in [6.07, 6.45) is -5.04. The number of H-pyrrole nitrogens is 1. The number of hydrogen-bond acceptors (Lipinski definition) is 5. The van der Waals surface area contributed by atoms with Gasteiger partial charge in [0.05, 0.1) is 11.9 Å². The highest BCUT2D eigenvalue weighted by Gasteiger charge is 2.59. The van der Waals surface area contributed by atoms with Gasteiger partial charge in [0.25, 0.3) is 5.56 Å². The van der Waals surface area contributed by atoms with Gasteiger partial charge in [-0.1, -0.05) is 54.6 Å². The monoisotopic (exact) mass is 433 g/mol. The summed E-state index contributed by atoms with van der Waals surface area (Å²) in [7, 11) is 0. The molecule has 0 atom stereocenters. The maximum absolute atomic E-state index is 13.8. The minimum absolute atomic E-state index is 0.0496. The van der Waals surface area contributed by atoms with Crippen LogP contribution in [-0.4, -0.2) is 22.4 Å². The van der Waals surface area contributed by atoms with Crippen LogP contribution in [-0.2, 0) is 5.92 Å². The first-order valence-corrected chi connectivity index (χ1v) is 8.58. The molecule has 0 saturated heterocycles. The standard InChI is InChI=1S/C20H12F5N5O/c21-19(22,20(23,24)25)15-9-5-4-8-13(15)11-27-30-18-28-16(12-6-2-1-3-7-12)14(10-26)17(31)29-18/h1-9,11H,(H2,28,29,30,31). The summed E-state index contributed by atoms with van der Waals surface area (Å²) < 4.78 is 65.7. The highest BCUT2D eigenvalue weighted by Crippen LogP contribution is 2.44. The van der Waals surface area contributed by atoms with Gasteiger partial charge in [-0.3, -0.25) is 9.78 Å². The van der Waals surface area contributed by atoms with Crippen LogP contribution in [0.15, 0.2) is 64.5 Å². The molecule has 0 spiro atoms. The molecule has 31 heavy (non-hydrogen) atoms. The van der Waals surface area contributed by atoms with Gasteiger partial charge in [0.15, 0.2) is 0 Å². The van der Waals surface area contributed by atoms with Crippen molar-refractivity contribution in [3.8, 4) is 17.3 Å². The van der Waals surface area contributed by atoms with Crippen molar-refractivity contribution in [1.82, 2.24) is 9.97 Å². The van der Waals surface area contributed by atoms with E-state index in [1.54, 1.807) is 36.4 Å². The number of rotatable bonds is 5. The van der Waals surface area contributed by atoms with Gasteiger partial charge in [-0.05, 0) is 0 Å². The lowest BCUT2D eigenvalue weighted by Crippen LogP contribution is -2.34. The van der Waals surface area contributed by atoms with Gasteiger partial charge in [0.2, 0.25) is 5.95 Å². The number of hydrazone groups is 1. The van der Waals surface area contributed by atoms with E-state index in [9.17, 15) is 32.0 Å². The highest BCUT2D eigenvalue weighted by molar-refractivity contribution is 5.82. The minimum atomic E-state index is -5.78. The molecule has 11 heteroatoms. The van der Waals surface area contributed by atoms with Crippen LogP contribution in [0.5, 0.6) is 0 Å². The Labute approximate surface area is 171 Å². The molecular formula is C20H12F5N5O. The number of aromatic amines is 1. The number of nitriles is 1. The third kappa shape index (κ3) is 4.42. The number of anilines is 1. The average Bonchev–Trinajstić information content (AvgIpc) is 2.73. The molecule has 0 aliphatic heterocycles. The normalized spacial score (nSPS) is 12.0. The second-order valence-corrected chi connectivity index (χ2v) is 6.15. The Morgan fingerprint density at radius 3 is 2.32 bits per heavy atom. The van der Waals surface area contributed by atoms with E-state index in [2.05, 4.69) is 20.5 Å². The van der Waals surface area contributed by atoms with Crippen molar-refractivity contribution in [3.05, 3.63) is 81.6 Å². The Morgan fingerprint density at radius 1 is 1.03 bits per heavy atom. The van der Waals surface area contributed by atoms with Crippen molar-refractivity contribution >= 4 is 12.2 Å². The van der Waals surface area contributed by atoms with Gasteiger partial charge >= 0.3 is 12.1 Å². The van der Waals surface area contributed by atoms with E-state index in [1.807, 2.05) is 0 Å². The molecule has 1 aromatic heterocycles. The van der Waals surface area contributed by atoms with Crippen LogP contribution >= 0.6 is 0 Å². The Bertz CT molecular complexity index is 1210. The van der Waals surface area contributed by atoms with Crippen molar-refractivity contribution < 1.29 is 22.0 Å². The molecular weight excluding hydrogens is 421 g/mol. The number of benzene rings is 2. The predicted octanol–water partition coefficient (Wildman–Crippen LogP) is 4.41. The second kappa shape index (κ2) is 8.35. The second-order valence-electron chi connectivity index (χ2n) is 6.15. The first-order chi connectivity index (χ1) is 14.6. The maximum Gasteiger partial charge on any atom is 0.458 e. The summed E-state index contributed by atoms with van der Waals surface area (Å²) in [5, 5.41) is 12.8. The highest BCUT2D eigenvalue weighted by atomic mass is 19.4. The number of nitrogens with zero attached hydrogens (tertiary/aromatic N) is 3. The zero-order valence-electron chi connectivity index (χ0n) is 15.4. The van der Waals surface area contributed by atoms with Crippen LogP contribution in [0.4, 0.5) is 27.9 Å². The van der Waals surface area contributed by atoms with E-state index in [-0.39, 0.29) is 17.2 Å². The molecule has 0 radical (unpaired) electrons. The van der Waals surface area contributed by atoms with Crippen molar-refractivity contribution in [1.29, 1.82) is 5.26 Å². The summed E-state index contributed by atoms with van der Waals surface area (Å²) in [6, 6.07) is 14.0. The average molecular weight is 433 g/mol. The van der Waals surface area contributed by atoms with Gasteiger partial charge in [0.1, 0.15) is 11.6 Å². The Balaban J connectivity index is 1.94. The predicted molar refractivity (Wildman–Crippen MR) is 103 cm³/mol. The molecule has 0 aliphatic rings. The van der Waals surface area contributed by atoms with Crippen LogP contribution in [0.3, 0.4) is 0 Å². The third-order valence-electron chi connectivity index (χ3n) is 4.11. The SMILES string of the molecule is N#Cc1c(-c2ccccc2)nc(NN=Cc2ccccc2C(F)(F)C(F)(F)F)[nH]c1=O. The molecule has 158 valence electrons. The van der Waals surface area contributed by atoms with Gasteiger partial charge in [-0.15, -0.1) is 0 Å². The van der Waals surface area contributed by atoms with Crippen LogP contribution in [0.1, 0.15) is 16.7 Å². The lowest BCUT2D eigenvalue weighted by Gasteiger charge is -2.21. The molecule has 1 heterocycles. The first-order valence-electron chi connectivity index (χ1n) is 8.58. The molecule has 0 aliphatic carbocycles. The molecule has 2 aromatic carbocycles. The van der Waals surface area contributed by atoms with E-state index in [1.165, 1.54) is 6.07 Å². The Hall–Kier alpha value is -4.07. The molecule has 2 N–H and O–H groups in total. The van der Waals surface area contributed by atoms with Gasteiger partial charge < -0.3 is 0 Å². The summed E-state index contributed by atoms with van der Waals surface area (Å²) >= 11 is 0. The van der Waals surface area contributed by atoms with Crippen LogP contribution in [0.2, 0.25) is 0 Å². The lowest BCUT2D eigenvalue weighted by atomic mass is 10.0. The van der Waals surface area contributed by atoms with Crippen molar-refractivity contribution in [2.45, 2.75) is 12.1 Å². The number of nitrogens with one attached hydrogen (secondary N) is 2. The lowest BCUT2D eigenvalue weighted by molar-refractivity contribution is -0.289. The molecule has 6 nitrogen and oxygen atoms in total.